The van der Waals surface area contributed by atoms with Gasteiger partial charge in [-0.1, -0.05) is 52.0 Å². The van der Waals surface area contributed by atoms with Crippen LogP contribution in [0.1, 0.15) is 63.5 Å². The Morgan fingerprint density at radius 2 is 0.938 bits per heavy atom. The van der Waals surface area contributed by atoms with Crippen LogP contribution in [-0.2, 0) is 19.1 Å². The van der Waals surface area contributed by atoms with Crippen molar-refractivity contribution in [1.82, 2.24) is 9.80 Å². The maximum Gasteiger partial charge on any atom is 0.310 e. The highest BCUT2D eigenvalue weighted by Gasteiger charge is 2.61. The lowest BCUT2D eigenvalue weighted by Gasteiger charge is -2.50. The van der Waals surface area contributed by atoms with Crippen LogP contribution < -0.4 is 0 Å². The Balaban J connectivity index is 1.19. The van der Waals surface area contributed by atoms with Gasteiger partial charge in [0, 0.05) is 38.0 Å². The number of benzene rings is 2. The summed E-state index contributed by atoms with van der Waals surface area (Å²) < 4.78 is 13.0. The Morgan fingerprint density at radius 1 is 0.583 bits per heavy atom. The van der Waals surface area contributed by atoms with Crippen LogP contribution in [0.5, 0.6) is 11.5 Å². The zero-order chi connectivity index (χ0) is 34.0. The topological polar surface area (TPSA) is 99.5 Å². The van der Waals surface area contributed by atoms with Crippen molar-refractivity contribution in [2.45, 2.75) is 64.6 Å². The molecule has 7 rings (SSSR count). The van der Waals surface area contributed by atoms with Gasteiger partial charge in [-0.15, -0.1) is 0 Å². The summed E-state index contributed by atoms with van der Waals surface area (Å²) in [5.74, 6) is 1.19. The van der Waals surface area contributed by atoms with E-state index in [1.807, 2.05) is 24.3 Å². The first-order valence-electron chi connectivity index (χ1n) is 18.3. The summed E-state index contributed by atoms with van der Waals surface area (Å²) >= 11 is 0. The van der Waals surface area contributed by atoms with Crippen LogP contribution in [0.2, 0.25) is 0 Å². The lowest BCUT2D eigenvalue weighted by molar-refractivity contribution is -0.175. The van der Waals surface area contributed by atoms with E-state index in [2.05, 4.69) is 51.6 Å². The number of phenols is 2. The van der Waals surface area contributed by atoms with Gasteiger partial charge in [-0.25, -0.2) is 0 Å². The minimum atomic E-state index is -0.608. The molecule has 2 aromatic carbocycles. The quantitative estimate of drug-likeness (QED) is 0.379. The number of fused-ring (bicyclic) bond motifs is 2. The number of likely N-dealkylation sites (tertiary alicyclic amines) is 2. The molecule has 0 spiro atoms. The lowest BCUT2D eigenvalue weighted by atomic mass is 9.52. The molecule has 0 amide bonds. The maximum atomic E-state index is 14.5. The van der Waals surface area contributed by atoms with E-state index in [9.17, 15) is 19.8 Å². The minimum Gasteiger partial charge on any atom is -0.508 e. The summed E-state index contributed by atoms with van der Waals surface area (Å²) in [5.41, 5.74) is 1.64. The predicted molar refractivity (Wildman–Crippen MR) is 183 cm³/mol. The first kappa shape index (κ1) is 33.4. The molecule has 3 saturated carbocycles. The number of piperidine rings is 2. The highest BCUT2D eigenvalue weighted by molar-refractivity contribution is 5.85. The third-order valence-corrected chi connectivity index (χ3v) is 13.5. The summed E-state index contributed by atoms with van der Waals surface area (Å²) in [6.45, 7) is 13.2. The largest absolute Gasteiger partial charge is 0.508 e. The van der Waals surface area contributed by atoms with Gasteiger partial charge >= 0.3 is 11.9 Å². The van der Waals surface area contributed by atoms with Crippen LogP contribution in [0, 0.1) is 59.2 Å². The van der Waals surface area contributed by atoms with Gasteiger partial charge < -0.3 is 29.5 Å². The van der Waals surface area contributed by atoms with Crippen molar-refractivity contribution >= 4 is 11.9 Å². The molecule has 2 saturated heterocycles. The summed E-state index contributed by atoms with van der Waals surface area (Å²) in [6, 6.07) is 13.8. The zero-order valence-corrected chi connectivity index (χ0v) is 29.4. The monoisotopic (exact) mass is 658 g/mol. The SMILES string of the molecule is CC1CN(C)CC2C(C)C(OC(=O)C3C(c4ccc(O)cc4)C(C(=O)OC4CC5C(C)CN(C)CC5C4C)C3c3ccc(O)cc3)CC12. The van der Waals surface area contributed by atoms with Crippen LogP contribution in [-0.4, -0.2) is 84.4 Å². The molecule has 48 heavy (non-hydrogen) atoms. The van der Waals surface area contributed by atoms with E-state index in [0.29, 0.717) is 35.5 Å². The molecule has 260 valence electrons. The molecule has 2 aliphatic heterocycles. The van der Waals surface area contributed by atoms with Crippen molar-refractivity contribution < 1.29 is 29.3 Å². The van der Waals surface area contributed by atoms with Gasteiger partial charge in [0.2, 0.25) is 0 Å². The second kappa shape index (κ2) is 13.0. The van der Waals surface area contributed by atoms with Crippen molar-refractivity contribution in [2.24, 2.45) is 59.2 Å². The van der Waals surface area contributed by atoms with Gasteiger partial charge in [0.05, 0.1) is 11.8 Å². The molecular weight excluding hydrogens is 604 g/mol. The lowest BCUT2D eigenvalue weighted by Crippen LogP contribution is -2.53. The maximum absolute atomic E-state index is 14.5. The normalized spacial score (nSPS) is 41.2. The van der Waals surface area contributed by atoms with Gasteiger partial charge in [0.15, 0.2) is 0 Å². The van der Waals surface area contributed by atoms with Gasteiger partial charge in [0.25, 0.3) is 0 Å². The third kappa shape index (κ3) is 5.91. The fourth-order valence-electron chi connectivity index (χ4n) is 11.0. The second-order valence-electron chi connectivity index (χ2n) is 16.5. The van der Waals surface area contributed by atoms with Crippen molar-refractivity contribution in [3.63, 3.8) is 0 Å². The molecule has 2 N–H and O–H groups in total. The summed E-state index contributed by atoms with van der Waals surface area (Å²) in [7, 11) is 4.35. The molecule has 3 aliphatic carbocycles. The molecule has 2 aromatic rings. The smallest absolute Gasteiger partial charge is 0.310 e. The first-order valence-corrected chi connectivity index (χ1v) is 18.3. The van der Waals surface area contributed by atoms with Crippen LogP contribution in [0.4, 0.5) is 0 Å². The molecule has 8 heteroatoms. The fraction of sp³-hybridized carbons (Fsp3) is 0.650. The van der Waals surface area contributed by atoms with Crippen molar-refractivity contribution in [2.75, 3.05) is 40.3 Å². The summed E-state index contributed by atoms with van der Waals surface area (Å²) in [5, 5.41) is 20.3. The zero-order valence-electron chi connectivity index (χ0n) is 29.4. The standard InChI is InChI=1S/C40H54N2O6/c1-21-17-41(5)19-31-23(3)33(15-29(21)31)47-39(45)37-35(25-7-11-27(43)12-8-25)38(36(37)26-9-13-28(44)14-10-26)40(46)48-34-16-30-22(2)18-42(6)20-32(30)24(34)4/h7-14,21-24,29-38,43-44H,15-20H2,1-6H3. The van der Waals surface area contributed by atoms with Gasteiger partial charge in [-0.2, -0.15) is 0 Å². The number of nitrogens with zero attached hydrogens (tertiary/aromatic N) is 2. The predicted octanol–water partition coefficient (Wildman–Crippen LogP) is 5.74. The number of esters is 2. The number of carbonyl (C=O) groups is 2. The molecule has 5 fully saturated rings. The Morgan fingerprint density at radius 3 is 1.29 bits per heavy atom. The average molecular weight is 659 g/mol. The van der Waals surface area contributed by atoms with E-state index in [1.165, 1.54) is 0 Å². The molecule has 0 bridgehead atoms. The van der Waals surface area contributed by atoms with Crippen LogP contribution in [0.3, 0.4) is 0 Å². The molecule has 10 unspecified atom stereocenters. The average Bonchev–Trinajstić information content (AvgIpc) is 3.50. The van der Waals surface area contributed by atoms with Crippen molar-refractivity contribution in [3.05, 3.63) is 59.7 Å². The van der Waals surface area contributed by atoms with Crippen LogP contribution >= 0.6 is 0 Å². The molecule has 10 atom stereocenters. The van der Waals surface area contributed by atoms with E-state index in [4.69, 9.17) is 9.47 Å². The Bertz CT molecular complexity index is 1360. The van der Waals surface area contributed by atoms with Crippen LogP contribution in [0.15, 0.2) is 48.5 Å². The van der Waals surface area contributed by atoms with Gasteiger partial charge in [-0.05, 0) is 110 Å². The Kier molecular flexibility index (Phi) is 9.03. The molecule has 2 heterocycles. The third-order valence-electron chi connectivity index (χ3n) is 13.5. The number of hydrogen-bond donors (Lipinski definition) is 2. The summed E-state index contributed by atoms with van der Waals surface area (Å²) in [6.07, 6.45) is 1.40. The van der Waals surface area contributed by atoms with E-state index >= 15 is 0 Å². The van der Waals surface area contributed by atoms with E-state index in [-0.39, 0.29) is 47.5 Å². The fourth-order valence-corrected chi connectivity index (χ4v) is 11.0. The number of carbonyl (C=O) groups excluding carboxylic acids is 2. The number of hydrogen-bond acceptors (Lipinski definition) is 8. The number of phenolic OH excluding ortho intramolecular Hbond substituents is 2. The van der Waals surface area contributed by atoms with E-state index in [0.717, 1.165) is 50.1 Å². The highest BCUT2D eigenvalue weighted by atomic mass is 16.6. The second-order valence-corrected chi connectivity index (χ2v) is 16.5. The van der Waals surface area contributed by atoms with E-state index < -0.39 is 23.7 Å². The van der Waals surface area contributed by atoms with Gasteiger partial charge in [-0.3, -0.25) is 9.59 Å². The number of rotatable bonds is 6. The van der Waals surface area contributed by atoms with Crippen molar-refractivity contribution in [1.29, 1.82) is 0 Å². The summed E-state index contributed by atoms with van der Waals surface area (Å²) in [4.78, 5) is 33.8. The van der Waals surface area contributed by atoms with Crippen molar-refractivity contribution in [3.8, 4) is 11.5 Å². The molecule has 8 nitrogen and oxygen atoms in total. The van der Waals surface area contributed by atoms with E-state index in [1.54, 1.807) is 24.3 Å². The first-order chi connectivity index (χ1) is 22.9. The number of aromatic hydroxyl groups is 2. The van der Waals surface area contributed by atoms with Crippen LogP contribution in [0.25, 0.3) is 0 Å². The number of ether oxygens (including phenoxy) is 2. The van der Waals surface area contributed by atoms with Gasteiger partial charge in [0.1, 0.15) is 23.7 Å². The minimum absolute atomic E-state index is 0.134. The molecule has 5 aliphatic rings. The molecule has 0 aromatic heterocycles. The molecular formula is C40H54N2O6. The Labute approximate surface area is 285 Å². The highest BCUT2D eigenvalue weighted by Crippen LogP contribution is 2.60. The molecule has 0 radical (unpaired) electrons. The Hall–Kier alpha value is -3.10.